The molecule has 2 atom stereocenters. The van der Waals surface area contributed by atoms with Crippen molar-refractivity contribution in [2.45, 2.75) is 24.9 Å². The van der Waals surface area contributed by atoms with E-state index in [0.717, 1.165) is 12.0 Å². The van der Waals surface area contributed by atoms with Crippen LogP contribution in [0.15, 0.2) is 91.0 Å². The molecule has 1 fully saturated rings. The summed E-state index contributed by atoms with van der Waals surface area (Å²) in [6.07, 6.45) is 0.985. The molecule has 0 aliphatic heterocycles. The molecule has 2 heteroatoms. The zero-order chi connectivity index (χ0) is 17.8. The molecule has 0 saturated heterocycles. The van der Waals surface area contributed by atoms with Gasteiger partial charge < -0.3 is 4.74 Å². The summed E-state index contributed by atoms with van der Waals surface area (Å²) < 4.78 is 5.70. The summed E-state index contributed by atoms with van der Waals surface area (Å²) in [5.74, 6) is 0.237. The van der Waals surface area contributed by atoms with Gasteiger partial charge in [-0.15, -0.1) is 0 Å². The zero-order valence-corrected chi connectivity index (χ0v) is 14.6. The first-order valence-corrected chi connectivity index (χ1v) is 9.13. The fraction of sp³-hybridized carbons (Fsp3) is 0.208. The molecule has 0 unspecified atom stereocenters. The molecule has 1 aliphatic carbocycles. The van der Waals surface area contributed by atoms with Gasteiger partial charge in [0.2, 0.25) is 0 Å². The predicted octanol–water partition coefficient (Wildman–Crippen LogP) is 5.32. The SMILES string of the molecule is O=C(OCc1ccccc1)C1[C@H](c2ccccc2)C[C@H]1c1ccccc1. The van der Waals surface area contributed by atoms with Crippen LogP contribution in [-0.4, -0.2) is 5.97 Å². The second-order valence-corrected chi connectivity index (χ2v) is 6.89. The molecule has 1 saturated carbocycles. The fourth-order valence-corrected chi connectivity index (χ4v) is 3.89. The Kier molecular flexibility index (Phi) is 4.83. The molecule has 0 spiro atoms. The molecule has 4 rings (SSSR count). The van der Waals surface area contributed by atoms with Crippen LogP contribution >= 0.6 is 0 Å². The highest BCUT2D eigenvalue weighted by Crippen LogP contribution is 2.53. The van der Waals surface area contributed by atoms with E-state index in [9.17, 15) is 4.79 Å². The smallest absolute Gasteiger partial charge is 0.310 e. The number of hydrogen-bond acceptors (Lipinski definition) is 2. The maximum atomic E-state index is 12.9. The van der Waals surface area contributed by atoms with Gasteiger partial charge in [0.25, 0.3) is 0 Å². The third-order valence-electron chi connectivity index (χ3n) is 5.33. The van der Waals surface area contributed by atoms with E-state index in [1.165, 1.54) is 11.1 Å². The van der Waals surface area contributed by atoms with Crippen molar-refractivity contribution >= 4 is 5.97 Å². The van der Waals surface area contributed by atoms with Crippen LogP contribution in [0.3, 0.4) is 0 Å². The Bertz CT molecular complexity index is 798. The van der Waals surface area contributed by atoms with E-state index in [1.807, 2.05) is 66.7 Å². The quantitative estimate of drug-likeness (QED) is 0.587. The minimum absolute atomic E-state index is 0.0946. The van der Waals surface area contributed by atoms with E-state index in [4.69, 9.17) is 4.74 Å². The van der Waals surface area contributed by atoms with Crippen LogP contribution in [0, 0.1) is 5.92 Å². The second kappa shape index (κ2) is 7.57. The largest absolute Gasteiger partial charge is 0.461 e. The third kappa shape index (κ3) is 3.41. The van der Waals surface area contributed by atoms with Gasteiger partial charge >= 0.3 is 5.97 Å². The molecular weight excluding hydrogens is 320 g/mol. The second-order valence-electron chi connectivity index (χ2n) is 6.89. The van der Waals surface area contributed by atoms with E-state index in [2.05, 4.69) is 24.3 Å². The van der Waals surface area contributed by atoms with Crippen LogP contribution in [0.25, 0.3) is 0 Å². The molecule has 3 aromatic carbocycles. The van der Waals surface area contributed by atoms with E-state index in [-0.39, 0.29) is 23.7 Å². The average molecular weight is 342 g/mol. The number of carbonyl (C=O) groups is 1. The van der Waals surface area contributed by atoms with Crippen LogP contribution in [0.4, 0.5) is 0 Å². The Morgan fingerprint density at radius 2 is 1.19 bits per heavy atom. The first-order valence-electron chi connectivity index (χ1n) is 9.13. The van der Waals surface area contributed by atoms with Crippen LogP contribution in [0.1, 0.15) is 34.9 Å². The van der Waals surface area contributed by atoms with Crippen molar-refractivity contribution in [3.05, 3.63) is 108 Å². The average Bonchev–Trinajstić information content (AvgIpc) is 2.68. The minimum atomic E-state index is -0.122. The maximum absolute atomic E-state index is 12.9. The molecule has 0 amide bonds. The zero-order valence-electron chi connectivity index (χ0n) is 14.6. The van der Waals surface area contributed by atoms with Gasteiger partial charge in [0.15, 0.2) is 0 Å². The first kappa shape index (κ1) is 16.6. The monoisotopic (exact) mass is 342 g/mol. The lowest BCUT2D eigenvalue weighted by Gasteiger charge is -2.43. The summed E-state index contributed by atoms with van der Waals surface area (Å²) in [7, 11) is 0. The highest BCUT2D eigenvalue weighted by atomic mass is 16.5. The number of benzene rings is 3. The summed E-state index contributed by atoms with van der Waals surface area (Å²) in [5, 5.41) is 0. The normalized spacial score (nSPS) is 19.5. The Morgan fingerprint density at radius 1 is 0.731 bits per heavy atom. The van der Waals surface area contributed by atoms with Crippen molar-refractivity contribution in [3.8, 4) is 0 Å². The number of rotatable bonds is 5. The number of ether oxygens (including phenoxy) is 1. The molecule has 130 valence electrons. The lowest BCUT2D eigenvalue weighted by atomic mass is 9.60. The Morgan fingerprint density at radius 3 is 1.69 bits per heavy atom. The Labute approximate surface area is 154 Å². The maximum Gasteiger partial charge on any atom is 0.310 e. The van der Waals surface area contributed by atoms with Gasteiger partial charge in [-0.2, -0.15) is 0 Å². The number of carbonyl (C=O) groups excluding carboxylic acids is 1. The van der Waals surface area contributed by atoms with E-state index >= 15 is 0 Å². The summed E-state index contributed by atoms with van der Waals surface area (Å²) in [5.41, 5.74) is 3.47. The fourth-order valence-electron chi connectivity index (χ4n) is 3.89. The highest BCUT2D eigenvalue weighted by molar-refractivity contribution is 5.77. The van der Waals surface area contributed by atoms with Crippen molar-refractivity contribution in [1.82, 2.24) is 0 Å². The third-order valence-corrected chi connectivity index (χ3v) is 5.33. The van der Waals surface area contributed by atoms with Gasteiger partial charge in [-0.1, -0.05) is 91.0 Å². The summed E-state index contributed by atoms with van der Waals surface area (Å²) in [4.78, 5) is 12.9. The molecule has 0 N–H and O–H groups in total. The topological polar surface area (TPSA) is 26.3 Å². The van der Waals surface area contributed by atoms with Crippen molar-refractivity contribution in [2.75, 3.05) is 0 Å². The molecule has 0 radical (unpaired) electrons. The van der Waals surface area contributed by atoms with Gasteiger partial charge in [0, 0.05) is 0 Å². The molecule has 3 aromatic rings. The van der Waals surface area contributed by atoms with Gasteiger partial charge in [-0.25, -0.2) is 0 Å². The van der Waals surface area contributed by atoms with Gasteiger partial charge in [0.1, 0.15) is 6.61 Å². The Balaban J connectivity index is 1.53. The number of esters is 1. The summed E-state index contributed by atoms with van der Waals surface area (Å²) in [6, 6.07) is 30.5. The van der Waals surface area contributed by atoms with Crippen LogP contribution in [0.2, 0.25) is 0 Å². The predicted molar refractivity (Wildman–Crippen MR) is 103 cm³/mol. The van der Waals surface area contributed by atoms with Gasteiger partial charge in [0.05, 0.1) is 5.92 Å². The lowest BCUT2D eigenvalue weighted by Crippen LogP contribution is -2.40. The number of hydrogen-bond donors (Lipinski definition) is 0. The Hall–Kier alpha value is -2.87. The molecule has 2 nitrogen and oxygen atoms in total. The van der Waals surface area contributed by atoms with Crippen LogP contribution in [0.5, 0.6) is 0 Å². The van der Waals surface area contributed by atoms with E-state index in [1.54, 1.807) is 0 Å². The van der Waals surface area contributed by atoms with Crippen molar-refractivity contribution < 1.29 is 9.53 Å². The van der Waals surface area contributed by atoms with Crippen LogP contribution < -0.4 is 0 Å². The van der Waals surface area contributed by atoms with E-state index in [0.29, 0.717) is 6.61 Å². The summed E-state index contributed by atoms with van der Waals surface area (Å²) >= 11 is 0. The standard InChI is InChI=1S/C24H22O2/c25-24(26-17-18-10-4-1-5-11-18)23-21(19-12-6-2-7-13-19)16-22(23)20-14-8-3-9-15-20/h1-15,21-23H,16-17H2/t21-,22-/m0/s1. The molecule has 26 heavy (non-hydrogen) atoms. The van der Waals surface area contributed by atoms with E-state index < -0.39 is 0 Å². The van der Waals surface area contributed by atoms with Crippen LogP contribution in [-0.2, 0) is 16.1 Å². The highest BCUT2D eigenvalue weighted by Gasteiger charge is 2.47. The first-order chi connectivity index (χ1) is 12.8. The molecular formula is C24H22O2. The molecule has 0 bridgehead atoms. The van der Waals surface area contributed by atoms with Gasteiger partial charge in [-0.05, 0) is 34.9 Å². The van der Waals surface area contributed by atoms with Crippen molar-refractivity contribution in [1.29, 1.82) is 0 Å². The molecule has 0 heterocycles. The molecule has 1 aliphatic rings. The van der Waals surface area contributed by atoms with Crippen molar-refractivity contribution in [3.63, 3.8) is 0 Å². The summed E-state index contributed by atoms with van der Waals surface area (Å²) in [6.45, 7) is 0.333. The van der Waals surface area contributed by atoms with Crippen molar-refractivity contribution in [2.24, 2.45) is 5.92 Å². The minimum Gasteiger partial charge on any atom is -0.461 e. The molecule has 0 aromatic heterocycles. The van der Waals surface area contributed by atoms with Gasteiger partial charge in [-0.3, -0.25) is 4.79 Å². The lowest BCUT2D eigenvalue weighted by molar-refractivity contribution is -0.155.